The highest BCUT2D eigenvalue weighted by Gasteiger charge is 2.31. The Balaban J connectivity index is 1.11. The summed E-state index contributed by atoms with van der Waals surface area (Å²) in [5.74, 6) is 3.41. The van der Waals surface area contributed by atoms with Gasteiger partial charge in [0.2, 0.25) is 0 Å². The number of aromatic nitrogens is 4. The molecule has 5 nitrogen and oxygen atoms in total. The smallest absolute Gasteiger partial charge is 0.144 e. The molecule has 0 atom stereocenters. The lowest BCUT2D eigenvalue weighted by molar-refractivity contribution is 0.494. The Bertz CT molecular complexity index is 2990. The Hall–Kier alpha value is -6.98. The van der Waals surface area contributed by atoms with Gasteiger partial charge in [-0.05, 0) is 117 Å². The number of allylic oxidation sites excluding steroid dienone is 1. The van der Waals surface area contributed by atoms with Crippen molar-refractivity contribution in [1.82, 2.24) is 19.1 Å². The van der Waals surface area contributed by atoms with Gasteiger partial charge < -0.3 is 13.9 Å². The Morgan fingerprint density at radius 1 is 0.537 bits per heavy atom. The van der Waals surface area contributed by atoms with Gasteiger partial charge in [0.15, 0.2) is 0 Å². The zero-order valence-corrected chi connectivity index (χ0v) is 29.9. The molecule has 11 rings (SSSR count). The van der Waals surface area contributed by atoms with E-state index in [0.29, 0.717) is 0 Å². The van der Waals surface area contributed by atoms with Crippen LogP contribution >= 0.6 is 0 Å². The number of hydrogen-bond donors (Lipinski definition) is 0. The van der Waals surface area contributed by atoms with Crippen LogP contribution < -0.4 is 4.74 Å². The molecule has 0 spiro atoms. The molecule has 1 aliphatic heterocycles. The van der Waals surface area contributed by atoms with Crippen molar-refractivity contribution in [3.8, 4) is 67.6 Å². The first-order chi connectivity index (χ1) is 26.5. The van der Waals surface area contributed by atoms with E-state index in [2.05, 4.69) is 169 Å². The van der Waals surface area contributed by atoms with Gasteiger partial charge in [0, 0.05) is 52.1 Å². The summed E-state index contributed by atoms with van der Waals surface area (Å²) in [5.41, 5.74) is 13.7. The predicted octanol–water partition coefficient (Wildman–Crippen LogP) is 12.4. The van der Waals surface area contributed by atoms with E-state index in [9.17, 15) is 0 Å². The summed E-state index contributed by atoms with van der Waals surface area (Å²) in [5, 5.41) is 2.15. The van der Waals surface area contributed by atoms with Crippen LogP contribution in [0.15, 0.2) is 164 Å². The normalized spacial score (nSPS) is 13.6. The molecule has 0 amide bonds. The minimum absolute atomic E-state index is 0.0752. The van der Waals surface area contributed by atoms with Gasteiger partial charge in [0.25, 0.3) is 0 Å². The van der Waals surface area contributed by atoms with E-state index in [4.69, 9.17) is 14.7 Å². The van der Waals surface area contributed by atoms with Crippen molar-refractivity contribution in [2.75, 3.05) is 0 Å². The van der Waals surface area contributed by atoms with Gasteiger partial charge in [-0.3, -0.25) is 0 Å². The van der Waals surface area contributed by atoms with Gasteiger partial charge in [-0.1, -0.05) is 86.7 Å². The monoisotopic (exact) mass is 694 g/mol. The van der Waals surface area contributed by atoms with E-state index in [0.717, 1.165) is 83.9 Å². The predicted molar refractivity (Wildman–Crippen MR) is 220 cm³/mol. The number of ether oxygens (including phenoxy) is 1. The van der Waals surface area contributed by atoms with Crippen molar-refractivity contribution < 1.29 is 4.74 Å². The van der Waals surface area contributed by atoms with E-state index in [-0.39, 0.29) is 5.41 Å². The van der Waals surface area contributed by atoms with E-state index >= 15 is 0 Å². The fourth-order valence-corrected chi connectivity index (χ4v) is 8.43. The average molecular weight is 695 g/mol. The lowest BCUT2D eigenvalue weighted by Gasteiger charge is -2.21. The standard InChI is InChI=1S/C49H34N4O/c1-49(2)22-17-35-27-40-39(30-41(35)49)36-13-14-43-38(21-26-53(43)46-29-34(19-24-51-46)32-11-7-4-8-12-32)48(36)54-44-16-15-42-37(47(40)44)20-25-52(42)45-28-33(18-23-50-45)31-9-5-3-6-10-31/h3-30H,1-2H3. The summed E-state index contributed by atoms with van der Waals surface area (Å²) in [7, 11) is 0. The topological polar surface area (TPSA) is 44.9 Å². The Kier molecular flexibility index (Phi) is 6.53. The Morgan fingerprint density at radius 3 is 1.81 bits per heavy atom. The largest absolute Gasteiger partial charge is 0.455 e. The SMILES string of the molecule is CC1(C)C=Cc2cc3c(cc21)-c1ccc2c(ccn2-c2cc(-c4ccccc4)ccn2)c1Oc1ccc2c(ccn2-c2cc(-c4ccccc4)ccn2)c1-3. The molecule has 0 unspecified atom stereocenters. The number of rotatable bonds is 4. The third-order valence-corrected chi connectivity index (χ3v) is 11.2. The summed E-state index contributed by atoms with van der Waals surface area (Å²) in [6.07, 6.45) is 12.6. The Labute approximate surface area is 313 Å². The number of benzene rings is 5. The van der Waals surface area contributed by atoms with E-state index in [1.807, 2.05) is 24.5 Å². The lowest BCUT2D eigenvalue weighted by atomic mass is 9.82. The van der Waals surface area contributed by atoms with Crippen molar-refractivity contribution in [1.29, 1.82) is 0 Å². The zero-order valence-electron chi connectivity index (χ0n) is 29.9. The molecule has 256 valence electrons. The van der Waals surface area contributed by atoms with Gasteiger partial charge in [-0.15, -0.1) is 0 Å². The quantitative estimate of drug-likeness (QED) is 0.184. The second-order valence-electron chi connectivity index (χ2n) is 14.8. The number of nitrogens with zero attached hydrogens (tertiary/aromatic N) is 4. The van der Waals surface area contributed by atoms with Gasteiger partial charge in [-0.2, -0.15) is 0 Å². The third kappa shape index (κ3) is 4.65. The maximum absolute atomic E-state index is 7.15. The van der Waals surface area contributed by atoms with E-state index in [1.54, 1.807) is 0 Å². The first-order valence-corrected chi connectivity index (χ1v) is 18.4. The first kappa shape index (κ1) is 30.6. The molecule has 9 aromatic rings. The minimum Gasteiger partial charge on any atom is -0.455 e. The molecule has 0 saturated carbocycles. The van der Waals surface area contributed by atoms with Gasteiger partial charge in [0.05, 0.1) is 11.0 Å². The molecule has 1 aliphatic carbocycles. The van der Waals surface area contributed by atoms with Gasteiger partial charge in [-0.25, -0.2) is 9.97 Å². The van der Waals surface area contributed by atoms with E-state index in [1.165, 1.54) is 16.7 Å². The maximum atomic E-state index is 7.15. The van der Waals surface area contributed by atoms with Crippen LogP contribution in [0.5, 0.6) is 11.5 Å². The fourth-order valence-electron chi connectivity index (χ4n) is 8.43. The van der Waals surface area contributed by atoms with Crippen LogP contribution in [0.1, 0.15) is 25.0 Å². The molecule has 4 aromatic heterocycles. The molecule has 0 fully saturated rings. The van der Waals surface area contributed by atoms with Crippen molar-refractivity contribution in [2.24, 2.45) is 0 Å². The number of fused-ring (bicyclic) bond motifs is 10. The molecule has 54 heavy (non-hydrogen) atoms. The summed E-state index contributed by atoms with van der Waals surface area (Å²) < 4.78 is 11.5. The van der Waals surface area contributed by atoms with E-state index < -0.39 is 0 Å². The molecular weight excluding hydrogens is 661 g/mol. The highest BCUT2D eigenvalue weighted by atomic mass is 16.5. The third-order valence-electron chi connectivity index (χ3n) is 11.2. The lowest BCUT2D eigenvalue weighted by Crippen LogP contribution is -2.11. The molecule has 0 radical (unpaired) electrons. The molecule has 5 heteroatoms. The minimum atomic E-state index is -0.0752. The van der Waals surface area contributed by atoms with Crippen molar-refractivity contribution in [2.45, 2.75) is 19.3 Å². The molecular formula is C49H34N4O. The van der Waals surface area contributed by atoms with Gasteiger partial charge in [0.1, 0.15) is 23.1 Å². The molecule has 5 heterocycles. The van der Waals surface area contributed by atoms with Crippen LogP contribution in [0.3, 0.4) is 0 Å². The van der Waals surface area contributed by atoms with Crippen LogP contribution in [0, 0.1) is 0 Å². The summed E-state index contributed by atoms with van der Waals surface area (Å²) in [6, 6.07) is 47.2. The number of hydrogen-bond acceptors (Lipinski definition) is 3. The van der Waals surface area contributed by atoms with Crippen LogP contribution in [0.25, 0.3) is 84.0 Å². The van der Waals surface area contributed by atoms with Crippen LogP contribution in [-0.4, -0.2) is 19.1 Å². The Morgan fingerprint density at radius 2 is 1.15 bits per heavy atom. The van der Waals surface area contributed by atoms with Crippen LogP contribution in [0.4, 0.5) is 0 Å². The summed E-state index contributed by atoms with van der Waals surface area (Å²) >= 11 is 0. The summed E-state index contributed by atoms with van der Waals surface area (Å²) in [6.45, 7) is 4.58. The van der Waals surface area contributed by atoms with Crippen molar-refractivity contribution in [3.05, 3.63) is 175 Å². The van der Waals surface area contributed by atoms with Crippen molar-refractivity contribution in [3.63, 3.8) is 0 Å². The van der Waals surface area contributed by atoms with Crippen LogP contribution in [-0.2, 0) is 5.41 Å². The highest BCUT2D eigenvalue weighted by molar-refractivity contribution is 6.08. The first-order valence-electron chi connectivity index (χ1n) is 18.4. The molecule has 0 bridgehead atoms. The molecule has 0 N–H and O–H groups in total. The molecule has 5 aromatic carbocycles. The fraction of sp³-hybridized carbons (Fsp3) is 0.0612. The summed E-state index contributed by atoms with van der Waals surface area (Å²) in [4.78, 5) is 9.63. The average Bonchev–Trinajstić information content (AvgIpc) is 3.91. The van der Waals surface area contributed by atoms with Crippen molar-refractivity contribution >= 4 is 27.9 Å². The molecule has 0 saturated heterocycles. The maximum Gasteiger partial charge on any atom is 0.144 e. The zero-order chi connectivity index (χ0) is 36.0. The molecule has 2 aliphatic rings. The van der Waals surface area contributed by atoms with Crippen LogP contribution in [0.2, 0.25) is 0 Å². The second kappa shape index (κ2) is 11.5. The number of pyridine rings is 2. The highest BCUT2D eigenvalue weighted by Crippen LogP contribution is 2.54. The second-order valence-corrected chi connectivity index (χ2v) is 14.8. The van der Waals surface area contributed by atoms with Gasteiger partial charge >= 0.3 is 0 Å².